The van der Waals surface area contributed by atoms with Crippen LogP contribution in [0.4, 0.5) is 13.2 Å². The number of halogens is 5. The first-order valence-corrected chi connectivity index (χ1v) is 7.13. The highest BCUT2D eigenvalue weighted by atomic mass is 79.9. The fraction of sp³-hybridized carbons (Fsp3) is 0.500. The molecule has 0 aliphatic heterocycles. The van der Waals surface area contributed by atoms with Crippen molar-refractivity contribution in [1.29, 1.82) is 0 Å². The first kappa shape index (κ1) is 16.8. The molecule has 1 aromatic carbocycles. The lowest BCUT2D eigenvalue weighted by molar-refractivity contribution is -0.139. The van der Waals surface area contributed by atoms with Gasteiger partial charge < -0.3 is 10.1 Å². The van der Waals surface area contributed by atoms with Gasteiger partial charge in [-0.1, -0.05) is 15.9 Å². The zero-order valence-corrected chi connectivity index (χ0v) is 13.6. The van der Waals surface area contributed by atoms with Crippen LogP contribution in [0, 0.1) is 0 Å². The van der Waals surface area contributed by atoms with Crippen molar-refractivity contribution in [3.63, 3.8) is 0 Å². The van der Waals surface area contributed by atoms with Crippen LogP contribution in [-0.4, -0.2) is 19.3 Å². The Morgan fingerprint density at radius 2 is 1.95 bits per heavy atom. The smallest absolute Gasteiger partial charge is 0.390 e. The number of hydrogen-bond donors (Lipinski definition) is 1. The highest BCUT2D eigenvalue weighted by molar-refractivity contribution is 9.11. The summed E-state index contributed by atoms with van der Waals surface area (Å²) in [5.41, 5.74) is 0.790. The summed E-state index contributed by atoms with van der Waals surface area (Å²) in [6.07, 6.45) is -5.02. The van der Waals surface area contributed by atoms with Gasteiger partial charge in [0.2, 0.25) is 0 Å². The Kier molecular flexibility index (Phi) is 6.14. The van der Waals surface area contributed by atoms with Crippen LogP contribution in [0.3, 0.4) is 0 Å². The second-order valence-corrected chi connectivity index (χ2v) is 5.95. The highest BCUT2D eigenvalue weighted by Crippen LogP contribution is 2.32. The molecule has 0 bridgehead atoms. The fourth-order valence-corrected chi connectivity index (χ4v) is 3.15. The summed E-state index contributed by atoms with van der Waals surface area (Å²) >= 11 is 6.69. The molecule has 0 spiro atoms. The SMILES string of the molecule is COc1c(Br)cc(Br)cc1CNC(C)CC(F)(F)F. The van der Waals surface area contributed by atoms with E-state index in [0.717, 1.165) is 14.5 Å². The number of ether oxygens (including phenoxy) is 1. The maximum absolute atomic E-state index is 12.2. The van der Waals surface area contributed by atoms with Gasteiger partial charge in [-0.05, 0) is 35.0 Å². The molecule has 0 radical (unpaired) electrons. The van der Waals surface area contributed by atoms with E-state index in [4.69, 9.17) is 4.74 Å². The molecule has 2 nitrogen and oxygen atoms in total. The second kappa shape index (κ2) is 6.95. The topological polar surface area (TPSA) is 21.3 Å². The summed E-state index contributed by atoms with van der Waals surface area (Å²) in [5.74, 6) is 0.620. The van der Waals surface area contributed by atoms with Crippen LogP contribution in [0.2, 0.25) is 0 Å². The van der Waals surface area contributed by atoms with Crippen LogP contribution in [0.15, 0.2) is 21.1 Å². The maximum atomic E-state index is 12.2. The van der Waals surface area contributed by atoms with E-state index in [1.54, 1.807) is 0 Å². The molecule has 1 atom stereocenters. The Labute approximate surface area is 127 Å². The number of hydrogen-bond acceptors (Lipinski definition) is 2. The number of rotatable bonds is 5. The summed E-state index contributed by atoms with van der Waals surface area (Å²) in [6, 6.07) is 2.99. The number of methoxy groups -OCH3 is 1. The molecule has 0 heterocycles. The first-order chi connectivity index (χ1) is 8.73. The lowest BCUT2D eigenvalue weighted by Crippen LogP contribution is -2.30. The van der Waals surface area contributed by atoms with E-state index in [0.29, 0.717) is 12.3 Å². The van der Waals surface area contributed by atoms with Gasteiger partial charge in [0.1, 0.15) is 5.75 Å². The van der Waals surface area contributed by atoms with Gasteiger partial charge in [0.05, 0.1) is 18.0 Å². The van der Waals surface area contributed by atoms with E-state index in [2.05, 4.69) is 37.2 Å². The summed E-state index contributed by atoms with van der Waals surface area (Å²) in [6.45, 7) is 1.81. The van der Waals surface area contributed by atoms with Crippen LogP contribution in [0.25, 0.3) is 0 Å². The molecule has 0 saturated heterocycles. The van der Waals surface area contributed by atoms with Crippen LogP contribution in [0.1, 0.15) is 18.9 Å². The van der Waals surface area contributed by atoms with Crippen LogP contribution < -0.4 is 10.1 Å². The predicted molar refractivity (Wildman–Crippen MR) is 75.4 cm³/mol. The zero-order valence-electron chi connectivity index (χ0n) is 10.4. The van der Waals surface area contributed by atoms with E-state index in [1.807, 2.05) is 12.1 Å². The van der Waals surface area contributed by atoms with E-state index >= 15 is 0 Å². The van der Waals surface area contributed by atoms with Gasteiger partial charge in [0, 0.05) is 22.6 Å². The van der Waals surface area contributed by atoms with E-state index in [1.165, 1.54) is 14.0 Å². The van der Waals surface area contributed by atoms with Crippen LogP contribution in [-0.2, 0) is 6.54 Å². The normalized spacial score (nSPS) is 13.4. The molecular weight excluding hydrogens is 391 g/mol. The zero-order chi connectivity index (χ0) is 14.6. The third-order valence-electron chi connectivity index (χ3n) is 2.47. The summed E-state index contributed by atoms with van der Waals surface area (Å²) < 4.78 is 43.5. The Bertz CT molecular complexity index is 438. The van der Waals surface area contributed by atoms with Gasteiger partial charge in [-0.25, -0.2) is 0 Å². The van der Waals surface area contributed by atoms with E-state index in [9.17, 15) is 13.2 Å². The van der Waals surface area contributed by atoms with Crippen molar-refractivity contribution < 1.29 is 17.9 Å². The number of alkyl halides is 3. The van der Waals surface area contributed by atoms with E-state index < -0.39 is 18.6 Å². The highest BCUT2D eigenvalue weighted by Gasteiger charge is 2.29. The average molecular weight is 405 g/mol. The van der Waals surface area contributed by atoms with Gasteiger partial charge in [0.15, 0.2) is 0 Å². The molecule has 1 N–H and O–H groups in total. The van der Waals surface area contributed by atoms with Gasteiger partial charge in [0.25, 0.3) is 0 Å². The predicted octanol–water partition coefficient (Wildman–Crippen LogP) is 4.65. The Morgan fingerprint density at radius 3 is 2.47 bits per heavy atom. The molecule has 108 valence electrons. The molecule has 0 aromatic heterocycles. The minimum atomic E-state index is -4.16. The van der Waals surface area contributed by atoms with Gasteiger partial charge >= 0.3 is 6.18 Å². The summed E-state index contributed by atoms with van der Waals surface area (Å²) in [4.78, 5) is 0. The standard InChI is InChI=1S/C12H14Br2F3NO/c1-7(5-12(15,16)17)18-6-8-3-9(13)4-10(14)11(8)19-2/h3-4,7,18H,5-6H2,1-2H3. The third-order valence-corrected chi connectivity index (χ3v) is 3.51. The molecular formula is C12H14Br2F3NO. The molecule has 0 amide bonds. The monoisotopic (exact) mass is 403 g/mol. The molecule has 0 aliphatic rings. The lowest BCUT2D eigenvalue weighted by atomic mass is 10.1. The van der Waals surface area contributed by atoms with Crippen molar-refractivity contribution in [1.82, 2.24) is 5.32 Å². The van der Waals surface area contributed by atoms with Gasteiger partial charge in [-0.3, -0.25) is 0 Å². The van der Waals surface area contributed by atoms with Gasteiger partial charge in [-0.15, -0.1) is 0 Å². The Morgan fingerprint density at radius 1 is 1.32 bits per heavy atom. The van der Waals surface area contributed by atoms with Gasteiger partial charge in [-0.2, -0.15) is 13.2 Å². The summed E-state index contributed by atoms with van der Waals surface area (Å²) in [5, 5.41) is 2.84. The third kappa shape index (κ3) is 5.71. The summed E-state index contributed by atoms with van der Waals surface area (Å²) in [7, 11) is 1.52. The first-order valence-electron chi connectivity index (χ1n) is 5.55. The maximum Gasteiger partial charge on any atom is 0.390 e. The largest absolute Gasteiger partial charge is 0.495 e. The molecule has 7 heteroatoms. The van der Waals surface area contributed by atoms with Crippen molar-refractivity contribution in [2.45, 2.75) is 32.1 Å². The molecule has 0 fully saturated rings. The van der Waals surface area contributed by atoms with Crippen LogP contribution in [0.5, 0.6) is 5.75 Å². The Hall–Kier alpha value is -0.270. The minimum absolute atomic E-state index is 0.304. The minimum Gasteiger partial charge on any atom is -0.495 e. The van der Waals surface area contributed by atoms with Crippen molar-refractivity contribution in [2.24, 2.45) is 0 Å². The fourth-order valence-electron chi connectivity index (χ4n) is 1.68. The Balaban J connectivity index is 2.72. The number of benzene rings is 1. The average Bonchev–Trinajstić information content (AvgIpc) is 2.23. The molecule has 0 saturated carbocycles. The van der Waals surface area contributed by atoms with Crippen molar-refractivity contribution in [2.75, 3.05) is 7.11 Å². The quantitative estimate of drug-likeness (QED) is 0.771. The lowest BCUT2D eigenvalue weighted by Gasteiger charge is -2.17. The molecule has 19 heavy (non-hydrogen) atoms. The van der Waals surface area contributed by atoms with E-state index in [-0.39, 0.29) is 0 Å². The number of nitrogens with one attached hydrogen (secondary N) is 1. The molecule has 1 aromatic rings. The van der Waals surface area contributed by atoms with Crippen molar-refractivity contribution >= 4 is 31.9 Å². The molecule has 1 rings (SSSR count). The second-order valence-electron chi connectivity index (χ2n) is 4.18. The van der Waals surface area contributed by atoms with Crippen LogP contribution >= 0.6 is 31.9 Å². The molecule has 1 unspecified atom stereocenters. The van der Waals surface area contributed by atoms with Crippen molar-refractivity contribution in [3.8, 4) is 5.75 Å². The molecule has 0 aliphatic carbocycles. The van der Waals surface area contributed by atoms with Crippen molar-refractivity contribution in [3.05, 3.63) is 26.6 Å².